The zero-order valence-electron chi connectivity index (χ0n) is 19.2. The maximum absolute atomic E-state index is 13.0. The van der Waals surface area contributed by atoms with Gasteiger partial charge in [0, 0.05) is 57.6 Å². The standard InChI is InChI=1S/C24H43N3O2/c1-18(2)21-5-7-22(8-6-21)24(29)27-15-13-25(14-16-27)17-20-9-11-26(12-10-20)23(28)19(3)4/h18-22H,5-17H2,1-4H3. The van der Waals surface area contributed by atoms with Gasteiger partial charge >= 0.3 is 0 Å². The molecule has 0 atom stereocenters. The predicted molar refractivity (Wildman–Crippen MR) is 117 cm³/mol. The van der Waals surface area contributed by atoms with Gasteiger partial charge in [-0.25, -0.2) is 0 Å². The van der Waals surface area contributed by atoms with Crippen LogP contribution in [0.5, 0.6) is 0 Å². The number of piperidine rings is 1. The summed E-state index contributed by atoms with van der Waals surface area (Å²) in [5.74, 6) is 3.38. The molecule has 0 bridgehead atoms. The molecule has 3 aliphatic rings. The number of carbonyl (C=O) groups excluding carboxylic acids is 2. The van der Waals surface area contributed by atoms with Crippen LogP contribution in [-0.2, 0) is 9.59 Å². The molecule has 0 aromatic heterocycles. The van der Waals surface area contributed by atoms with Gasteiger partial charge in [-0.15, -0.1) is 0 Å². The second kappa shape index (κ2) is 10.3. The minimum absolute atomic E-state index is 0.109. The van der Waals surface area contributed by atoms with Crippen LogP contribution in [0.2, 0.25) is 0 Å². The lowest BCUT2D eigenvalue weighted by atomic mass is 9.76. The molecule has 2 saturated heterocycles. The lowest BCUT2D eigenvalue weighted by Crippen LogP contribution is -2.52. The summed E-state index contributed by atoms with van der Waals surface area (Å²) in [6.45, 7) is 15.4. The third-order valence-electron chi connectivity index (χ3n) is 7.68. The van der Waals surface area contributed by atoms with Crippen LogP contribution < -0.4 is 0 Å². The number of hydrogen-bond acceptors (Lipinski definition) is 3. The zero-order chi connectivity index (χ0) is 21.0. The second-order valence-electron chi connectivity index (χ2n) is 10.4. The molecule has 29 heavy (non-hydrogen) atoms. The highest BCUT2D eigenvalue weighted by atomic mass is 16.2. The van der Waals surface area contributed by atoms with Crippen molar-refractivity contribution >= 4 is 11.8 Å². The van der Waals surface area contributed by atoms with Gasteiger partial charge in [0.2, 0.25) is 11.8 Å². The van der Waals surface area contributed by atoms with E-state index < -0.39 is 0 Å². The van der Waals surface area contributed by atoms with E-state index in [9.17, 15) is 9.59 Å². The van der Waals surface area contributed by atoms with Gasteiger partial charge in [0.15, 0.2) is 0 Å². The molecule has 166 valence electrons. The largest absolute Gasteiger partial charge is 0.342 e. The van der Waals surface area contributed by atoms with Crippen molar-refractivity contribution in [3.8, 4) is 0 Å². The van der Waals surface area contributed by atoms with Gasteiger partial charge in [0.05, 0.1) is 0 Å². The Bertz CT molecular complexity index is 538. The van der Waals surface area contributed by atoms with Crippen molar-refractivity contribution in [3.05, 3.63) is 0 Å². The lowest BCUT2D eigenvalue weighted by Gasteiger charge is -2.40. The van der Waals surface area contributed by atoms with Crippen molar-refractivity contribution in [3.63, 3.8) is 0 Å². The van der Waals surface area contributed by atoms with Gasteiger partial charge in [-0.3, -0.25) is 14.5 Å². The molecule has 0 N–H and O–H groups in total. The fourth-order valence-corrected chi connectivity index (χ4v) is 5.51. The van der Waals surface area contributed by atoms with Crippen LogP contribution in [0, 0.1) is 29.6 Å². The maximum Gasteiger partial charge on any atom is 0.225 e. The SMILES string of the molecule is CC(C)C(=O)N1CCC(CN2CCN(C(=O)C3CCC(C(C)C)CC3)CC2)CC1. The van der Waals surface area contributed by atoms with Crippen molar-refractivity contribution < 1.29 is 9.59 Å². The Kier molecular flexibility index (Phi) is 8.00. The number of likely N-dealkylation sites (tertiary alicyclic amines) is 1. The molecule has 0 aromatic carbocycles. The van der Waals surface area contributed by atoms with Crippen LogP contribution >= 0.6 is 0 Å². The van der Waals surface area contributed by atoms with Crippen LogP contribution in [0.3, 0.4) is 0 Å². The molecule has 0 spiro atoms. The van der Waals surface area contributed by atoms with Crippen molar-refractivity contribution in [1.82, 2.24) is 14.7 Å². The molecule has 0 aromatic rings. The van der Waals surface area contributed by atoms with Crippen LogP contribution in [0.15, 0.2) is 0 Å². The fourth-order valence-electron chi connectivity index (χ4n) is 5.51. The Morgan fingerprint density at radius 1 is 0.759 bits per heavy atom. The first-order chi connectivity index (χ1) is 13.8. The number of rotatable bonds is 5. The van der Waals surface area contributed by atoms with E-state index in [0.717, 1.165) is 83.3 Å². The van der Waals surface area contributed by atoms with Crippen LogP contribution in [0.4, 0.5) is 0 Å². The van der Waals surface area contributed by atoms with Crippen molar-refractivity contribution in [2.45, 2.75) is 66.2 Å². The van der Waals surface area contributed by atoms with Gasteiger partial charge in [0.1, 0.15) is 0 Å². The summed E-state index contributed by atoms with van der Waals surface area (Å²) in [6, 6.07) is 0. The molecule has 2 amide bonds. The van der Waals surface area contributed by atoms with Gasteiger partial charge in [0.25, 0.3) is 0 Å². The summed E-state index contributed by atoms with van der Waals surface area (Å²) in [7, 11) is 0. The van der Waals surface area contributed by atoms with E-state index in [0.29, 0.717) is 17.7 Å². The molecule has 2 aliphatic heterocycles. The quantitative estimate of drug-likeness (QED) is 0.703. The Labute approximate surface area is 178 Å². The molecular formula is C24H43N3O2. The molecule has 2 heterocycles. The topological polar surface area (TPSA) is 43.9 Å². The van der Waals surface area contributed by atoms with E-state index in [1.165, 1.54) is 12.8 Å². The summed E-state index contributed by atoms with van der Waals surface area (Å²) in [6.07, 6.45) is 6.89. The zero-order valence-corrected chi connectivity index (χ0v) is 19.2. The molecule has 3 fully saturated rings. The first kappa shape index (κ1) is 22.6. The van der Waals surface area contributed by atoms with E-state index in [4.69, 9.17) is 0 Å². The van der Waals surface area contributed by atoms with Gasteiger partial charge in [-0.05, 0) is 56.3 Å². The molecule has 5 nitrogen and oxygen atoms in total. The minimum atomic E-state index is 0.109. The number of hydrogen-bond donors (Lipinski definition) is 0. The van der Waals surface area contributed by atoms with E-state index in [1.54, 1.807) is 0 Å². The number of carbonyl (C=O) groups is 2. The van der Waals surface area contributed by atoms with E-state index in [1.807, 2.05) is 18.7 Å². The van der Waals surface area contributed by atoms with Gasteiger partial charge in [-0.1, -0.05) is 27.7 Å². The van der Waals surface area contributed by atoms with Crippen molar-refractivity contribution in [2.24, 2.45) is 29.6 Å². The highest BCUT2D eigenvalue weighted by Crippen LogP contribution is 2.34. The molecule has 1 aliphatic carbocycles. The normalized spacial score (nSPS) is 27.7. The Morgan fingerprint density at radius 3 is 1.86 bits per heavy atom. The van der Waals surface area contributed by atoms with Crippen LogP contribution in [-0.4, -0.2) is 72.3 Å². The first-order valence-corrected chi connectivity index (χ1v) is 12.1. The maximum atomic E-state index is 13.0. The van der Waals surface area contributed by atoms with Crippen LogP contribution in [0.25, 0.3) is 0 Å². The van der Waals surface area contributed by atoms with Crippen molar-refractivity contribution in [2.75, 3.05) is 45.8 Å². The molecule has 0 unspecified atom stereocenters. The van der Waals surface area contributed by atoms with Crippen LogP contribution in [0.1, 0.15) is 66.2 Å². The molecule has 0 radical (unpaired) electrons. The van der Waals surface area contributed by atoms with E-state index in [2.05, 4.69) is 23.6 Å². The molecular weight excluding hydrogens is 362 g/mol. The fraction of sp³-hybridized carbons (Fsp3) is 0.917. The predicted octanol–water partition coefficient (Wildman–Crippen LogP) is 3.49. The monoisotopic (exact) mass is 405 g/mol. The summed E-state index contributed by atoms with van der Waals surface area (Å²) in [5, 5.41) is 0. The highest BCUT2D eigenvalue weighted by molar-refractivity contribution is 5.79. The van der Waals surface area contributed by atoms with E-state index >= 15 is 0 Å². The summed E-state index contributed by atoms with van der Waals surface area (Å²) in [5.41, 5.74) is 0. The Balaban J connectivity index is 1.36. The Morgan fingerprint density at radius 2 is 1.34 bits per heavy atom. The number of nitrogens with zero attached hydrogens (tertiary/aromatic N) is 3. The molecule has 1 saturated carbocycles. The molecule has 3 rings (SSSR count). The lowest BCUT2D eigenvalue weighted by molar-refractivity contribution is -0.138. The molecule has 5 heteroatoms. The Hall–Kier alpha value is -1.10. The van der Waals surface area contributed by atoms with Gasteiger partial charge in [-0.2, -0.15) is 0 Å². The van der Waals surface area contributed by atoms with Crippen molar-refractivity contribution in [1.29, 1.82) is 0 Å². The minimum Gasteiger partial charge on any atom is -0.342 e. The summed E-state index contributed by atoms with van der Waals surface area (Å²) >= 11 is 0. The third-order valence-corrected chi connectivity index (χ3v) is 7.68. The average Bonchev–Trinajstić information content (AvgIpc) is 2.74. The van der Waals surface area contributed by atoms with Gasteiger partial charge < -0.3 is 9.80 Å². The second-order valence-corrected chi connectivity index (χ2v) is 10.4. The number of amides is 2. The number of piperazine rings is 1. The third kappa shape index (κ3) is 5.96. The highest BCUT2D eigenvalue weighted by Gasteiger charge is 2.32. The first-order valence-electron chi connectivity index (χ1n) is 12.1. The van der Waals surface area contributed by atoms with E-state index in [-0.39, 0.29) is 11.8 Å². The summed E-state index contributed by atoms with van der Waals surface area (Å²) in [4.78, 5) is 31.8. The summed E-state index contributed by atoms with van der Waals surface area (Å²) < 4.78 is 0. The average molecular weight is 406 g/mol. The smallest absolute Gasteiger partial charge is 0.225 e.